The molecule has 2 aromatic rings. The number of nitrogens with two attached hydrogens (primary N) is 2. The number of hydrogen-bond acceptors (Lipinski definition) is 6. The van der Waals surface area contributed by atoms with Gasteiger partial charge in [0, 0.05) is 11.8 Å². The van der Waals surface area contributed by atoms with Gasteiger partial charge in [0.15, 0.2) is 0 Å². The Bertz CT molecular complexity index is 885. The number of morpholine rings is 1. The molecule has 0 amide bonds. The maximum atomic E-state index is 9.92. The quantitative estimate of drug-likeness (QED) is 0.794. The zero-order valence-corrected chi connectivity index (χ0v) is 14.2. The molecule has 25 heavy (non-hydrogen) atoms. The third kappa shape index (κ3) is 2.39. The third-order valence-corrected chi connectivity index (χ3v) is 4.96. The van der Waals surface area contributed by atoms with Gasteiger partial charge in [0.1, 0.15) is 23.1 Å². The van der Waals surface area contributed by atoms with Crippen molar-refractivity contribution in [2.45, 2.75) is 25.9 Å². The second-order valence-corrected chi connectivity index (χ2v) is 6.42. The summed E-state index contributed by atoms with van der Waals surface area (Å²) in [6, 6.07) is 2.36. The van der Waals surface area contributed by atoms with Gasteiger partial charge in [-0.3, -0.25) is 10.6 Å². The number of nitrogen functional groups attached to an aromatic ring is 2. The van der Waals surface area contributed by atoms with Gasteiger partial charge in [0.05, 0.1) is 31.9 Å². The highest BCUT2D eigenvalue weighted by Crippen LogP contribution is 2.39. The largest absolute Gasteiger partial charge is 0.458 e. The molecule has 2 aliphatic rings. The number of pyridine rings is 2. The molecule has 130 valence electrons. The molecule has 1 fully saturated rings. The molecule has 4 heterocycles. The maximum Gasteiger partial charge on any atom is 0.287 e. The van der Waals surface area contributed by atoms with Crippen molar-refractivity contribution >= 4 is 28.2 Å². The van der Waals surface area contributed by atoms with Gasteiger partial charge in [-0.2, -0.15) is 5.26 Å². The van der Waals surface area contributed by atoms with Gasteiger partial charge in [-0.25, -0.2) is 9.97 Å². The summed E-state index contributed by atoms with van der Waals surface area (Å²) in [6.07, 6.45) is 1.70. The van der Waals surface area contributed by atoms with Crippen LogP contribution in [0.1, 0.15) is 24.5 Å². The molecule has 8 heteroatoms. The van der Waals surface area contributed by atoms with E-state index in [9.17, 15) is 5.26 Å². The fraction of sp³-hybridized carbons (Fsp3) is 0.471. The van der Waals surface area contributed by atoms with E-state index in [4.69, 9.17) is 20.9 Å². The zero-order chi connectivity index (χ0) is 17.6. The average Bonchev–Trinajstić information content (AvgIpc) is 3.05. The fourth-order valence-electron chi connectivity index (χ4n) is 3.68. The highest BCUT2D eigenvalue weighted by Gasteiger charge is 2.34. The molecule has 0 bridgehead atoms. The van der Waals surface area contributed by atoms with E-state index in [2.05, 4.69) is 27.9 Å². The predicted molar refractivity (Wildman–Crippen MR) is 92.0 cm³/mol. The smallest absolute Gasteiger partial charge is 0.287 e. The first-order valence-electron chi connectivity index (χ1n) is 8.55. The van der Waals surface area contributed by atoms with E-state index in [-0.39, 0.29) is 6.10 Å². The molecular formula is C17H22N6O2+2. The number of nitriles is 1. The first-order chi connectivity index (χ1) is 12.1. The van der Waals surface area contributed by atoms with E-state index in [0.29, 0.717) is 54.8 Å². The molecule has 6 N–H and O–H groups in total. The molecule has 0 aliphatic carbocycles. The minimum absolute atomic E-state index is 0.0834. The Kier molecular flexibility index (Phi) is 3.73. The lowest BCUT2D eigenvalue weighted by atomic mass is 9.98. The van der Waals surface area contributed by atoms with E-state index >= 15 is 0 Å². The number of aromatic nitrogens is 2. The minimum atomic E-state index is 0.0834. The fourth-order valence-corrected chi connectivity index (χ4v) is 3.68. The molecule has 0 saturated carbocycles. The van der Waals surface area contributed by atoms with Gasteiger partial charge in [-0.15, -0.1) is 0 Å². The van der Waals surface area contributed by atoms with Gasteiger partial charge in [0.25, 0.3) is 11.7 Å². The monoisotopic (exact) mass is 342 g/mol. The molecule has 0 aromatic carbocycles. The Labute approximate surface area is 145 Å². The van der Waals surface area contributed by atoms with Crippen LogP contribution in [0.5, 0.6) is 5.88 Å². The number of ether oxygens (including phenoxy) is 2. The molecule has 1 atom stereocenters. The zero-order valence-electron chi connectivity index (χ0n) is 14.2. The van der Waals surface area contributed by atoms with Crippen LogP contribution in [0, 0.1) is 11.3 Å². The second kappa shape index (κ2) is 5.93. The summed E-state index contributed by atoms with van der Waals surface area (Å²) in [6.45, 7) is 4.75. The number of anilines is 3. The molecule has 0 spiro atoms. The lowest BCUT2D eigenvalue weighted by molar-refractivity contribution is -0.376. The molecule has 0 unspecified atom stereocenters. The van der Waals surface area contributed by atoms with Crippen LogP contribution in [0.25, 0.3) is 10.8 Å². The van der Waals surface area contributed by atoms with Crippen molar-refractivity contribution in [1.82, 2.24) is 0 Å². The Morgan fingerprint density at radius 1 is 1.20 bits per heavy atom. The van der Waals surface area contributed by atoms with Crippen LogP contribution >= 0.6 is 0 Å². The second-order valence-electron chi connectivity index (χ2n) is 6.42. The lowest BCUT2D eigenvalue weighted by Gasteiger charge is -2.24. The van der Waals surface area contributed by atoms with E-state index < -0.39 is 0 Å². The van der Waals surface area contributed by atoms with E-state index in [0.717, 1.165) is 29.6 Å². The number of hydrogen-bond donors (Lipinski definition) is 2. The minimum Gasteiger partial charge on any atom is -0.458 e. The van der Waals surface area contributed by atoms with Crippen LogP contribution in [-0.4, -0.2) is 32.4 Å². The van der Waals surface area contributed by atoms with Crippen LogP contribution in [-0.2, 0) is 11.2 Å². The normalized spacial score (nSPS) is 19.5. The molecule has 0 radical (unpaired) electrons. The molecule has 4 rings (SSSR count). The van der Waals surface area contributed by atoms with Crippen molar-refractivity contribution in [3.63, 3.8) is 0 Å². The number of rotatable bonds is 2. The number of aromatic amines is 2. The summed E-state index contributed by atoms with van der Waals surface area (Å²) in [5, 5.41) is 11.4. The average molecular weight is 342 g/mol. The predicted octanol–water partition coefficient (Wildman–Crippen LogP) is 0.0542. The van der Waals surface area contributed by atoms with E-state index in [1.807, 2.05) is 0 Å². The SMILES string of the molecule is CC[C@H]1Cc2c([nH+]c(N)c3c(N)[nH+]c(N4CCOCC4)c(C#N)c23)O1. The highest BCUT2D eigenvalue weighted by atomic mass is 16.5. The number of fused-ring (bicyclic) bond motifs is 3. The first-order valence-corrected chi connectivity index (χ1v) is 8.55. The summed E-state index contributed by atoms with van der Waals surface area (Å²) in [7, 11) is 0. The Hall–Kier alpha value is -2.79. The highest BCUT2D eigenvalue weighted by molar-refractivity contribution is 6.03. The van der Waals surface area contributed by atoms with E-state index in [1.54, 1.807) is 0 Å². The Balaban J connectivity index is 2.00. The molecule has 2 aromatic heterocycles. The van der Waals surface area contributed by atoms with Crippen LogP contribution in [0.15, 0.2) is 0 Å². The van der Waals surface area contributed by atoms with Gasteiger partial charge in [-0.1, -0.05) is 6.92 Å². The Morgan fingerprint density at radius 2 is 1.92 bits per heavy atom. The Morgan fingerprint density at radius 3 is 2.60 bits per heavy atom. The van der Waals surface area contributed by atoms with Crippen molar-refractivity contribution in [2.24, 2.45) is 0 Å². The number of nitrogens with zero attached hydrogens (tertiary/aromatic N) is 2. The summed E-state index contributed by atoms with van der Waals surface area (Å²) in [5.41, 5.74) is 14.0. The molecule has 8 nitrogen and oxygen atoms in total. The number of H-pyrrole nitrogens is 2. The van der Waals surface area contributed by atoms with Crippen LogP contribution in [0.2, 0.25) is 0 Å². The van der Waals surface area contributed by atoms with Gasteiger partial charge in [0.2, 0.25) is 11.6 Å². The van der Waals surface area contributed by atoms with Crippen molar-refractivity contribution < 1.29 is 19.4 Å². The lowest BCUT2D eigenvalue weighted by Crippen LogP contribution is -2.40. The van der Waals surface area contributed by atoms with Gasteiger partial charge >= 0.3 is 0 Å². The van der Waals surface area contributed by atoms with Crippen molar-refractivity contribution in [3.8, 4) is 11.9 Å². The molecule has 2 aliphatic heterocycles. The maximum absolute atomic E-state index is 9.92. The first kappa shape index (κ1) is 15.7. The van der Waals surface area contributed by atoms with Gasteiger partial charge in [-0.05, 0) is 6.42 Å². The van der Waals surface area contributed by atoms with Crippen LogP contribution in [0.3, 0.4) is 0 Å². The van der Waals surface area contributed by atoms with Crippen LogP contribution < -0.4 is 31.1 Å². The summed E-state index contributed by atoms with van der Waals surface area (Å²) in [5.74, 6) is 2.23. The van der Waals surface area contributed by atoms with Crippen molar-refractivity contribution in [3.05, 3.63) is 11.1 Å². The molecular weight excluding hydrogens is 320 g/mol. The standard InChI is InChI=1S/C17H20N6O2/c1-2-9-7-10-12-11(8-18)16(23-3-5-24-6-4-23)21-14(19)13(12)15(20)22-17(10)25-9/h9H,2-7H2,1H3,(H2,19,21)(H2,20,22)/p+2/t9-/m0/s1. The van der Waals surface area contributed by atoms with Crippen LogP contribution in [0.4, 0.5) is 17.5 Å². The summed E-state index contributed by atoms with van der Waals surface area (Å²) in [4.78, 5) is 8.38. The van der Waals surface area contributed by atoms with Gasteiger partial charge < -0.3 is 15.2 Å². The van der Waals surface area contributed by atoms with Crippen molar-refractivity contribution in [2.75, 3.05) is 42.7 Å². The topological polar surface area (TPSA) is 126 Å². The van der Waals surface area contributed by atoms with E-state index in [1.165, 1.54) is 0 Å². The molecule has 1 saturated heterocycles. The summed E-state index contributed by atoms with van der Waals surface area (Å²) >= 11 is 0. The third-order valence-electron chi connectivity index (χ3n) is 4.96. The van der Waals surface area contributed by atoms with Crippen molar-refractivity contribution in [1.29, 1.82) is 5.26 Å². The number of nitrogens with one attached hydrogen (secondary N) is 2. The summed E-state index contributed by atoms with van der Waals surface area (Å²) < 4.78 is 11.4.